The number of nitrogens with zero attached hydrogens (tertiary/aromatic N) is 5. The molecule has 3 rings (SSSR count). The Balaban J connectivity index is 1.85. The van der Waals surface area contributed by atoms with Gasteiger partial charge < -0.3 is 9.64 Å². The van der Waals surface area contributed by atoms with Crippen LogP contribution in [0.5, 0.6) is 0 Å². The highest BCUT2D eigenvalue weighted by molar-refractivity contribution is 5.73. The number of hydrogen-bond acceptors (Lipinski definition) is 6. The SMILES string of the molecule is COC(=O)C1CCCN(c2nnnn2-c2ccccc2)C1. The molecule has 0 saturated carbocycles. The zero-order chi connectivity index (χ0) is 14.7. The molecule has 1 unspecified atom stereocenters. The standard InChI is InChI=1S/C14H17N5O2/c1-21-13(20)11-6-5-9-18(10-11)14-15-16-17-19(14)12-7-3-2-4-8-12/h2-4,7-8,11H,5-6,9-10H2,1H3. The maximum absolute atomic E-state index is 11.7. The number of benzene rings is 1. The van der Waals surface area contributed by atoms with Crippen LogP contribution in [0.2, 0.25) is 0 Å². The minimum Gasteiger partial charge on any atom is -0.469 e. The third-order valence-corrected chi connectivity index (χ3v) is 3.69. The van der Waals surface area contributed by atoms with Crippen LogP contribution in [0.1, 0.15) is 12.8 Å². The van der Waals surface area contributed by atoms with Crippen molar-refractivity contribution in [2.24, 2.45) is 5.92 Å². The Labute approximate surface area is 122 Å². The number of ether oxygens (including phenoxy) is 1. The van der Waals surface area contributed by atoms with Crippen LogP contribution in [0.15, 0.2) is 30.3 Å². The zero-order valence-corrected chi connectivity index (χ0v) is 11.8. The molecule has 1 fully saturated rings. The van der Waals surface area contributed by atoms with Crippen LogP contribution < -0.4 is 4.90 Å². The molecule has 110 valence electrons. The summed E-state index contributed by atoms with van der Waals surface area (Å²) < 4.78 is 6.54. The van der Waals surface area contributed by atoms with Gasteiger partial charge in [-0.05, 0) is 35.4 Å². The van der Waals surface area contributed by atoms with Gasteiger partial charge in [-0.1, -0.05) is 23.3 Å². The van der Waals surface area contributed by atoms with Crippen molar-refractivity contribution in [3.8, 4) is 5.69 Å². The average Bonchev–Trinajstić information content (AvgIpc) is 3.04. The molecule has 1 aliphatic rings. The Bertz CT molecular complexity index is 613. The van der Waals surface area contributed by atoms with Crippen molar-refractivity contribution >= 4 is 11.9 Å². The van der Waals surface area contributed by atoms with E-state index in [1.807, 2.05) is 35.2 Å². The number of para-hydroxylation sites is 1. The van der Waals surface area contributed by atoms with Gasteiger partial charge in [0, 0.05) is 13.1 Å². The van der Waals surface area contributed by atoms with Gasteiger partial charge in [0.2, 0.25) is 5.95 Å². The van der Waals surface area contributed by atoms with Crippen LogP contribution >= 0.6 is 0 Å². The topological polar surface area (TPSA) is 73.1 Å². The quantitative estimate of drug-likeness (QED) is 0.786. The minimum atomic E-state index is -0.168. The van der Waals surface area contributed by atoms with E-state index in [-0.39, 0.29) is 11.9 Å². The Morgan fingerprint density at radius 2 is 2.14 bits per heavy atom. The van der Waals surface area contributed by atoms with E-state index in [2.05, 4.69) is 15.5 Å². The molecule has 0 amide bonds. The lowest BCUT2D eigenvalue weighted by Gasteiger charge is -2.31. The number of anilines is 1. The third kappa shape index (κ3) is 2.72. The molecule has 0 spiro atoms. The van der Waals surface area contributed by atoms with E-state index in [1.54, 1.807) is 4.68 Å². The second-order valence-corrected chi connectivity index (χ2v) is 5.03. The van der Waals surface area contributed by atoms with Crippen molar-refractivity contribution in [3.63, 3.8) is 0 Å². The maximum Gasteiger partial charge on any atom is 0.310 e. The van der Waals surface area contributed by atoms with E-state index >= 15 is 0 Å². The van der Waals surface area contributed by atoms with E-state index in [1.165, 1.54) is 7.11 Å². The summed E-state index contributed by atoms with van der Waals surface area (Å²) in [4.78, 5) is 13.8. The summed E-state index contributed by atoms with van der Waals surface area (Å²) in [5.74, 6) is 0.373. The fourth-order valence-electron chi connectivity index (χ4n) is 2.63. The molecule has 1 saturated heterocycles. The number of piperidine rings is 1. The number of tetrazole rings is 1. The molecule has 1 atom stereocenters. The molecule has 1 aromatic carbocycles. The lowest BCUT2D eigenvalue weighted by molar-refractivity contribution is -0.145. The first-order valence-electron chi connectivity index (χ1n) is 6.96. The third-order valence-electron chi connectivity index (χ3n) is 3.69. The highest BCUT2D eigenvalue weighted by atomic mass is 16.5. The fourth-order valence-corrected chi connectivity index (χ4v) is 2.63. The van der Waals surface area contributed by atoms with Crippen LogP contribution in [0.25, 0.3) is 5.69 Å². The average molecular weight is 287 g/mol. The lowest BCUT2D eigenvalue weighted by atomic mass is 9.98. The predicted molar refractivity (Wildman–Crippen MR) is 76.1 cm³/mol. The van der Waals surface area contributed by atoms with E-state index in [4.69, 9.17) is 4.74 Å². The molecule has 1 aromatic heterocycles. The number of esters is 1. The molecule has 7 heteroatoms. The van der Waals surface area contributed by atoms with Gasteiger partial charge in [-0.3, -0.25) is 4.79 Å². The monoisotopic (exact) mass is 287 g/mol. The van der Waals surface area contributed by atoms with Crippen LogP contribution in [0.3, 0.4) is 0 Å². The first-order valence-corrected chi connectivity index (χ1v) is 6.96. The highest BCUT2D eigenvalue weighted by Gasteiger charge is 2.29. The van der Waals surface area contributed by atoms with Gasteiger partial charge in [-0.2, -0.15) is 4.68 Å². The summed E-state index contributed by atoms with van der Waals surface area (Å²) in [6.07, 6.45) is 1.76. The van der Waals surface area contributed by atoms with Crippen molar-refractivity contribution in [1.29, 1.82) is 0 Å². The van der Waals surface area contributed by atoms with Crippen LogP contribution in [0, 0.1) is 5.92 Å². The summed E-state index contributed by atoms with van der Waals surface area (Å²) >= 11 is 0. The molecular weight excluding hydrogens is 270 g/mol. The highest BCUT2D eigenvalue weighted by Crippen LogP contribution is 2.23. The molecule has 0 bridgehead atoms. The first kappa shape index (κ1) is 13.5. The number of methoxy groups -OCH3 is 1. The summed E-state index contributed by atoms with van der Waals surface area (Å²) in [5.41, 5.74) is 0.901. The number of hydrogen-bond donors (Lipinski definition) is 0. The minimum absolute atomic E-state index is 0.121. The molecule has 0 aliphatic carbocycles. The largest absolute Gasteiger partial charge is 0.469 e. The Morgan fingerprint density at radius 3 is 2.90 bits per heavy atom. The Hall–Kier alpha value is -2.44. The van der Waals surface area contributed by atoms with E-state index < -0.39 is 0 Å². The molecule has 0 radical (unpaired) electrons. The number of aromatic nitrogens is 4. The van der Waals surface area contributed by atoms with Crippen LogP contribution in [0.4, 0.5) is 5.95 Å². The van der Waals surface area contributed by atoms with Gasteiger partial charge in [0.1, 0.15) is 0 Å². The molecule has 7 nitrogen and oxygen atoms in total. The fraction of sp³-hybridized carbons (Fsp3) is 0.429. The second kappa shape index (κ2) is 5.90. The summed E-state index contributed by atoms with van der Waals surface area (Å²) in [6, 6.07) is 9.72. The maximum atomic E-state index is 11.7. The molecule has 2 heterocycles. The number of carbonyl (C=O) groups is 1. The van der Waals surface area contributed by atoms with Gasteiger partial charge in [0.25, 0.3) is 0 Å². The van der Waals surface area contributed by atoms with Gasteiger partial charge in [0.05, 0.1) is 18.7 Å². The molecule has 21 heavy (non-hydrogen) atoms. The normalized spacial score (nSPS) is 18.5. The van der Waals surface area contributed by atoms with E-state index in [0.29, 0.717) is 12.5 Å². The Morgan fingerprint density at radius 1 is 1.33 bits per heavy atom. The molecule has 2 aromatic rings. The molecule has 1 aliphatic heterocycles. The van der Waals surface area contributed by atoms with Crippen LogP contribution in [-0.4, -0.2) is 46.4 Å². The molecular formula is C14H17N5O2. The van der Waals surface area contributed by atoms with Gasteiger partial charge in [-0.15, -0.1) is 0 Å². The first-order chi connectivity index (χ1) is 10.3. The Kier molecular flexibility index (Phi) is 3.81. The van der Waals surface area contributed by atoms with Crippen molar-refractivity contribution in [3.05, 3.63) is 30.3 Å². The van der Waals surface area contributed by atoms with Crippen molar-refractivity contribution < 1.29 is 9.53 Å². The summed E-state index contributed by atoms with van der Waals surface area (Å²) in [5, 5.41) is 11.9. The van der Waals surface area contributed by atoms with Crippen molar-refractivity contribution in [2.45, 2.75) is 12.8 Å². The zero-order valence-electron chi connectivity index (χ0n) is 11.8. The summed E-state index contributed by atoms with van der Waals surface area (Å²) in [7, 11) is 1.43. The van der Waals surface area contributed by atoms with Crippen LogP contribution in [-0.2, 0) is 9.53 Å². The lowest BCUT2D eigenvalue weighted by Crippen LogP contribution is -2.40. The van der Waals surface area contributed by atoms with Crippen molar-refractivity contribution in [2.75, 3.05) is 25.1 Å². The van der Waals surface area contributed by atoms with E-state index in [0.717, 1.165) is 25.1 Å². The summed E-state index contributed by atoms with van der Waals surface area (Å²) in [6.45, 7) is 1.42. The second-order valence-electron chi connectivity index (χ2n) is 5.03. The van der Waals surface area contributed by atoms with E-state index in [9.17, 15) is 4.79 Å². The smallest absolute Gasteiger partial charge is 0.310 e. The van der Waals surface area contributed by atoms with Gasteiger partial charge >= 0.3 is 5.97 Å². The van der Waals surface area contributed by atoms with Gasteiger partial charge in [-0.25, -0.2) is 0 Å². The predicted octanol–water partition coefficient (Wildman–Crippen LogP) is 1.05. The molecule has 0 N–H and O–H groups in total. The van der Waals surface area contributed by atoms with Gasteiger partial charge in [0.15, 0.2) is 0 Å². The van der Waals surface area contributed by atoms with Crippen molar-refractivity contribution in [1.82, 2.24) is 20.2 Å². The number of rotatable bonds is 3. The number of carbonyl (C=O) groups excluding carboxylic acids is 1.